The molecule has 4 rings (SSSR count). The Bertz CT molecular complexity index is 664. The molecule has 1 saturated carbocycles. The number of rotatable bonds is 2. The van der Waals surface area contributed by atoms with Gasteiger partial charge in [0, 0.05) is 36.5 Å². The van der Waals surface area contributed by atoms with Gasteiger partial charge in [0.05, 0.1) is 11.3 Å². The van der Waals surface area contributed by atoms with Crippen LogP contribution >= 0.6 is 11.3 Å². The topological polar surface area (TPSA) is 46.1 Å². The minimum absolute atomic E-state index is 0.144. The minimum atomic E-state index is 0.144. The lowest BCUT2D eigenvalue weighted by Crippen LogP contribution is -2.33. The fourth-order valence-electron chi connectivity index (χ4n) is 3.03. The molecule has 21 heavy (non-hydrogen) atoms. The summed E-state index contributed by atoms with van der Waals surface area (Å²) in [5, 5.41) is 3.88. The lowest BCUT2D eigenvalue weighted by atomic mass is 10.0. The summed E-state index contributed by atoms with van der Waals surface area (Å²) in [4.78, 5) is 23.4. The number of carbonyl (C=O) groups is 1. The van der Waals surface area contributed by atoms with Gasteiger partial charge >= 0.3 is 0 Å². The standard InChI is InChI=1S/C16H17N3OS/c20-16(12-5-8-21-9-12)19-6-3-13-14(4-7-19)17-10-18-15(13)11-1-2-11/h5,8-11H,1-4,6-7H2. The Morgan fingerprint density at radius 1 is 1.24 bits per heavy atom. The van der Waals surface area contributed by atoms with Crippen LogP contribution in [0, 0.1) is 0 Å². The summed E-state index contributed by atoms with van der Waals surface area (Å²) in [6.45, 7) is 1.53. The fourth-order valence-corrected chi connectivity index (χ4v) is 3.66. The second kappa shape index (κ2) is 5.22. The lowest BCUT2D eigenvalue weighted by molar-refractivity contribution is 0.0763. The zero-order chi connectivity index (χ0) is 14.2. The van der Waals surface area contributed by atoms with E-state index in [9.17, 15) is 4.79 Å². The molecule has 108 valence electrons. The van der Waals surface area contributed by atoms with E-state index >= 15 is 0 Å². The Hall–Kier alpha value is -1.75. The van der Waals surface area contributed by atoms with Crippen LogP contribution in [0.25, 0.3) is 0 Å². The van der Waals surface area contributed by atoms with E-state index in [1.54, 1.807) is 17.7 Å². The van der Waals surface area contributed by atoms with Gasteiger partial charge in [0.15, 0.2) is 0 Å². The van der Waals surface area contributed by atoms with Crippen LogP contribution in [0.3, 0.4) is 0 Å². The summed E-state index contributed by atoms with van der Waals surface area (Å²) in [6.07, 6.45) is 5.93. The number of hydrogen-bond donors (Lipinski definition) is 0. The van der Waals surface area contributed by atoms with Crippen LogP contribution in [0.15, 0.2) is 23.2 Å². The van der Waals surface area contributed by atoms with Crippen molar-refractivity contribution in [1.29, 1.82) is 0 Å². The van der Waals surface area contributed by atoms with Crippen LogP contribution in [0.5, 0.6) is 0 Å². The number of hydrogen-bond acceptors (Lipinski definition) is 4. The van der Waals surface area contributed by atoms with Crippen LogP contribution < -0.4 is 0 Å². The third-order valence-electron chi connectivity index (χ3n) is 4.34. The van der Waals surface area contributed by atoms with Crippen LogP contribution in [0.4, 0.5) is 0 Å². The summed E-state index contributed by atoms with van der Waals surface area (Å²) < 4.78 is 0. The van der Waals surface area contributed by atoms with Crippen molar-refractivity contribution in [3.63, 3.8) is 0 Å². The molecule has 0 spiro atoms. The van der Waals surface area contributed by atoms with Gasteiger partial charge in [0.1, 0.15) is 6.33 Å². The maximum Gasteiger partial charge on any atom is 0.254 e. The highest BCUT2D eigenvalue weighted by Gasteiger charge is 2.30. The van der Waals surface area contributed by atoms with Crippen molar-refractivity contribution < 1.29 is 4.79 Å². The van der Waals surface area contributed by atoms with Gasteiger partial charge in [0.2, 0.25) is 0 Å². The van der Waals surface area contributed by atoms with E-state index in [1.807, 2.05) is 21.7 Å². The van der Waals surface area contributed by atoms with Crippen molar-refractivity contribution in [3.05, 3.63) is 45.7 Å². The average molecular weight is 299 g/mol. The Morgan fingerprint density at radius 2 is 2.10 bits per heavy atom. The maximum absolute atomic E-state index is 12.5. The second-order valence-corrected chi connectivity index (χ2v) is 6.54. The first kappa shape index (κ1) is 13.0. The van der Waals surface area contributed by atoms with Gasteiger partial charge in [-0.3, -0.25) is 4.79 Å². The first-order valence-corrected chi connectivity index (χ1v) is 8.41. The van der Waals surface area contributed by atoms with E-state index in [1.165, 1.54) is 24.1 Å². The first-order valence-electron chi connectivity index (χ1n) is 7.47. The molecule has 0 bridgehead atoms. The van der Waals surface area contributed by atoms with E-state index in [0.29, 0.717) is 5.92 Å². The van der Waals surface area contributed by atoms with Crippen LogP contribution in [0.1, 0.15) is 46.1 Å². The number of aromatic nitrogens is 2. The van der Waals surface area contributed by atoms with E-state index < -0.39 is 0 Å². The number of carbonyl (C=O) groups excluding carboxylic acids is 1. The summed E-state index contributed by atoms with van der Waals surface area (Å²) in [5.74, 6) is 0.783. The monoisotopic (exact) mass is 299 g/mol. The number of thiophene rings is 1. The highest BCUT2D eigenvalue weighted by Crippen LogP contribution is 2.41. The minimum Gasteiger partial charge on any atom is -0.338 e. The largest absolute Gasteiger partial charge is 0.338 e. The number of fused-ring (bicyclic) bond motifs is 1. The van der Waals surface area contributed by atoms with E-state index in [2.05, 4.69) is 9.97 Å². The highest BCUT2D eigenvalue weighted by atomic mass is 32.1. The van der Waals surface area contributed by atoms with Crippen molar-refractivity contribution >= 4 is 17.2 Å². The molecule has 0 atom stereocenters. The molecular formula is C16H17N3OS. The zero-order valence-electron chi connectivity index (χ0n) is 11.8. The predicted octanol–water partition coefficient (Wildman–Crippen LogP) is 2.66. The molecule has 2 aromatic rings. The summed E-state index contributed by atoms with van der Waals surface area (Å²) in [7, 11) is 0. The van der Waals surface area contributed by atoms with Gasteiger partial charge in [-0.05, 0) is 36.3 Å². The van der Waals surface area contributed by atoms with Crippen LogP contribution in [-0.2, 0) is 12.8 Å². The van der Waals surface area contributed by atoms with E-state index in [-0.39, 0.29) is 5.91 Å². The lowest BCUT2D eigenvalue weighted by Gasteiger charge is -2.19. The SMILES string of the molecule is O=C(c1ccsc1)N1CCc2ncnc(C3CC3)c2CC1. The Morgan fingerprint density at radius 3 is 2.86 bits per heavy atom. The van der Waals surface area contributed by atoms with E-state index in [0.717, 1.165) is 37.2 Å². The zero-order valence-corrected chi connectivity index (χ0v) is 12.6. The van der Waals surface area contributed by atoms with Crippen LogP contribution in [-0.4, -0.2) is 33.9 Å². The maximum atomic E-state index is 12.5. The average Bonchev–Trinajstić information content (AvgIpc) is 3.25. The summed E-state index contributed by atoms with van der Waals surface area (Å²) in [5.41, 5.74) is 4.50. The normalized spacial score (nSPS) is 18.2. The second-order valence-electron chi connectivity index (χ2n) is 5.76. The molecular weight excluding hydrogens is 282 g/mol. The van der Waals surface area contributed by atoms with Crippen molar-refractivity contribution in [3.8, 4) is 0 Å². The quantitative estimate of drug-likeness (QED) is 0.856. The summed E-state index contributed by atoms with van der Waals surface area (Å²) in [6, 6.07) is 1.90. The van der Waals surface area contributed by atoms with Crippen molar-refractivity contribution in [2.75, 3.05) is 13.1 Å². The number of amides is 1. The highest BCUT2D eigenvalue weighted by molar-refractivity contribution is 7.08. The van der Waals surface area contributed by atoms with Gasteiger partial charge in [-0.1, -0.05) is 0 Å². The molecule has 1 fully saturated rings. The Labute approximate surface area is 127 Å². The molecule has 1 aliphatic carbocycles. The molecule has 0 radical (unpaired) electrons. The molecule has 1 amide bonds. The van der Waals surface area contributed by atoms with Crippen molar-refractivity contribution in [1.82, 2.24) is 14.9 Å². The van der Waals surface area contributed by atoms with Gasteiger partial charge in [-0.25, -0.2) is 9.97 Å². The molecule has 1 aliphatic heterocycles. The fraction of sp³-hybridized carbons (Fsp3) is 0.438. The van der Waals surface area contributed by atoms with Gasteiger partial charge < -0.3 is 4.90 Å². The third-order valence-corrected chi connectivity index (χ3v) is 5.02. The molecule has 2 aromatic heterocycles. The molecule has 2 aliphatic rings. The van der Waals surface area contributed by atoms with Gasteiger partial charge in [-0.15, -0.1) is 0 Å². The molecule has 0 N–H and O–H groups in total. The molecule has 0 aromatic carbocycles. The Balaban J connectivity index is 1.57. The van der Waals surface area contributed by atoms with E-state index in [4.69, 9.17) is 0 Å². The predicted molar refractivity (Wildman–Crippen MR) is 81.6 cm³/mol. The van der Waals surface area contributed by atoms with Crippen LogP contribution in [0.2, 0.25) is 0 Å². The molecule has 0 saturated heterocycles. The third kappa shape index (κ3) is 2.46. The molecule has 4 nitrogen and oxygen atoms in total. The molecule has 3 heterocycles. The molecule has 0 unspecified atom stereocenters. The number of nitrogens with zero attached hydrogens (tertiary/aromatic N) is 3. The van der Waals surface area contributed by atoms with Crippen molar-refractivity contribution in [2.24, 2.45) is 0 Å². The Kier molecular flexibility index (Phi) is 3.22. The van der Waals surface area contributed by atoms with Crippen molar-refractivity contribution in [2.45, 2.75) is 31.6 Å². The first-order chi connectivity index (χ1) is 10.3. The molecule has 5 heteroatoms. The summed E-state index contributed by atoms with van der Waals surface area (Å²) >= 11 is 1.57. The van der Waals surface area contributed by atoms with Gasteiger partial charge in [-0.2, -0.15) is 11.3 Å². The van der Waals surface area contributed by atoms with Gasteiger partial charge in [0.25, 0.3) is 5.91 Å². The smallest absolute Gasteiger partial charge is 0.254 e.